The van der Waals surface area contributed by atoms with Crippen LogP contribution in [0.4, 0.5) is 0 Å². The average Bonchev–Trinajstić information content (AvgIpc) is 2.26. The zero-order valence-electron chi connectivity index (χ0n) is 10.1. The second-order valence-corrected chi connectivity index (χ2v) is 3.28. The number of rotatable bonds is 8. The van der Waals surface area contributed by atoms with Gasteiger partial charge in [0.05, 0.1) is 13.1 Å². The third kappa shape index (κ3) is 6.19. The molecule has 0 saturated carbocycles. The molecule has 92 valence electrons. The fraction of sp³-hybridized carbons (Fsp3) is 0.636. The van der Waals surface area contributed by atoms with E-state index in [1.807, 2.05) is 13.8 Å². The summed E-state index contributed by atoms with van der Waals surface area (Å²) in [6.07, 6.45) is 1.69. The largest absolute Gasteiger partial charge is 0.355 e. The fourth-order valence-corrected chi connectivity index (χ4v) is 1.20. The molecule has 2 amide bonds. The first kappa shape index (κ1) is 14.6. The Hall–Kier alpha value is -1.36. The minimum absolute atomic E-state index is 0.0735. The summed E-state index contributed by atoms with van der Waals surface area (Å²) in [5, 5.41) is 5.58. The van der Waals surface area contributed by atoms with E-state index in [9.17, 15) is 9.59 Å². The topological polar surface area (TPSA) is 61.4 Å². The highest BCUT2D eigenvalue weighted by Crippen LogP contribution is 1.88. The summed E-state index contributed by atoms with van der Waals surface area (Å²) in [6.45, 7) is 9.31. The van der Waals surface area contributed by atoms with Gasteiger partial charge in [-0.15, -0.1) is 6.58 Å². The van der Waals surface area contributed by atoms with Gasteiger partial charge in [-0.2, -0.15) is 0 Å². The maximum atomic E-state index is 11.6. The number of likely N-dealkylation sites (N-methyl/N-ethyl adjacent to an activating group) is 2. The van der Waals surface area contributed by atoms with Crippen LogP contribution in [0.2, 0.25) is 0 Å². The summed E-state index contributed by atoms with van der Waals surface area (Å²) in [7, 11) is 0. The van der Waals surface area contributed by atoms with Gasteiger partial charge in [-0.3, -0.25) is 9.59 Å². The summed E-state index contributed by atoms with van der Waals surface area (Å²) < 4.78 is 0. The fourth-order valence-electron chi connectivity index (χ4n) is 1.20. The van der Waals surface area contributed by atoms with Crippen LogP contribution in [0.25, 0.3) is 0 Å². The molecule has 0 atom stereocenters. The van der Waals surface area contributed by atoms with E-state index in [1.165, 1.54) is 4.90 Å². The molecule has 0 aromatic carbocycles. The van der Waals surface area contributed by atoms with E-state index in [1.54, 1.807) is 6.08 Å². The van der Waals surface area contributed by atoms with Gasteiger partial charge in [0.2, 0.25) is 11.8 Å². The molecule has 0 aliphatic heterocycles. The molecular weight excluding hydrogens is 206 g/mol. The lowest BCUT2D eigenvalue weighted by atomic mass is 10.4. The number of nitrogens with zero attached hydrogens (tertiary/aromatic N) is 1. The molecule has 0 bridgehead atoms. The van der Waals surface area contributed by atoms with Crippen LogP contribution in [0.1, 0.15) is 13.8 Å². The number of carbonyl (C=O) groups is 2. The van der Waals surface area contributed by atoms with Crippen LogP contribution in [0, 0.1) is 0 Å². The van der Waals surface area contributed by atoms with Crippen LogP contribution in [0.15, 0.2) is 12.7 Å². The predicted octanol–water partition coefficient (Wildman–Crippen LogP) is -0.253. The lowest BCUT2D eigenvalue weighted by Crippen LogP contribution is -2.44. The van der Waals surface area contributed by atoms with Crippen LogP contribution in [0.5, 0.6) is 0 Å². The third-order valence-electron chi connectivity index (χ3n) is 2.01. The first-order chi connectivity index (χ1) is 7.65. The Kier molecular flexibility index (Phi) is 8.15. The molecule has 5 nitrogen and oxygen atoms in total. The van der Waals surface area contributed by atoms with Crippen molar-refractivity contribution in [1.29, 1.82) is 0 Å². The van der Waals surface area contributed by atoms with Gasteiger partial charge in [0, 0.05) is 19.6 Å². The van der Waals surface area contributed by atoms with Crippen molar-refractivity contribution in [3.05, 3.63) is 12.7 Å². The SMILES string of the molecule is C=CCNCC(=O)N(CC)CC(=O)NCC. The Morgan fingerprint density at radius 1 is 1.38 bits per heavy atom. The number of hydrogen-bond acceptors (Lipinski definition) is 3. The number of amides is 2. The van der Waals surface area contributed by atoms with Crippen LogP contribution < -0.4 is 10.6 Å². The highest BCUT2D eigenvalue weighted by molar-refractivity contribution is 5.85. The molecule has 0 aromatic heterocycles. The smallest absolute Gasteiger partial charge is 0.239 e. The van der Waals surface area contributed by atoms with Crippen LogP contribution in [-0.2, 0) is 9.59 Å². The minimum Gasteiger partial charge on any atom is -0.355 e. The third-order valence-corrected chi connectivity index (χ3v) is 2.01. The summed E-state index contributed by atoms with van der Waals surface area (Å²) in [5.41, 5.74) is 0. The van der Waals surface area contributed by atoms with E-state index in [4.69, 9.17) is 0 Å². The molecule has 0 radical (unpaired) electrons. The minimum atomic E-state index is -0.124. The van der Waals surface area contributed by atoms with Crippen LogP contribution in [-0.4, -0.2) is 49.4 Å². The van der Waals surface area contributed by atoms with E-state index in [2.05, 4.69) is 17.2 Å². The van der Waals surface area contributed by atoms with Crippen molar-refractivity contribution >= 4 is 11.8 Å². The first-order valence-electron chi connectivity index (χ1n) is 5.51. The lowest BCUT2D eigenvalue weighted by Gasteiger charge is -2.20. The maximum Gasteiger partial charge on any atom is 0.239 e. The molecule has 0 heterocycles. The zero-order valence-corrected chi connectivity index (χ0v) is 10.1. The van der Waals surface area contributed by atoms with Crippen molar-refractivity contribution in [2.75, 3.05) is 32.7 Å². The van der Waals surface area contributed by atoms with Crippen molar-refractivity contribution in [2.24, 2.45) is 0 Å². The molecule has 16 heavy (non-hydrogen) atoms. The maximum absolute atomic E-state index is 11.6. The summed E-state index contributed by atoms with van der Waals surface area (Å²) in [6, 6.07) is 0. The monoisotopic (exact) mass is 227 g/mol. The normalized spacial score (nSPS) is 9.62. The number of hydrogen-bond donors (Lipinski definition) is 2. The molecule has 0 saturated heterocycles. The quantitative estimate of drug-likeness (QED) is 0.444. The predicted molar refractivity (Wildman–Crippen MR) is 64.0 cm³/mol. The molecular formula is C11H21N3O2. The van der Waals surface area contributed by atoms with Gasteiger partial charge in [-0.25, -0.2) is 0 Å². The molecule has 0 aromatic rings. The van der Waals surface area contributed by atoms with Crippen molar-refractivity contribution in [1.82, 2.24) is 15.5 Å². The van der Waals surface area contributed by atoms with Crippen molar-refractivity contribution < 1.29 is 9.59 Å². The van der Waals surface area contributed by atoms with Crippen LogP contribution >= 0.6 is 0 Å². The second-order valence-electron chi connectivity index (χ2n) is 3.28. The highest BCUT2D eigenvalue weighted by Gasteiger charge is 2.13. The molecule has 5 heteroatoms. The van der Waals surface area contributed by atoms with Gasteiger partial charge in [0.15, 0.2) is 0 Å². The van der Waals surface area contributed by atoms with E-state index in [0.717, 1.165) is 0 Å². The zero-order chi connectivity index (χ0) is 12.4. The van der Waals surface area contributed by atoms with Gasteiger partial charge in [0.25, 0.3) is 0 Å². The standard InChI is InChI=1S/C11H21N3O2/c1-4-7-12-8-11(16)14(6-3)9-10(15)13-5-2/h4,12H,1,5-9H2,2-3H3,(H,13,15). The second kappa shape index (κ2) is 8.91. The molecule has 0 fully saturated rings. The van der Waals surface area contributed by atoms with E-state index in [0.29, 0.717) is 19.6 Å². The van der Waals surface area contributed by atoms with Gasteiger partial charge in [-0.05, 0) is 13.8 Å². The first-order valence-corrected chi connectivity index (χ1v) is 5.51. The molecule has 2 N–H and O–H groups in total. The molecule has 0 unspecified atom stereocenters. The summed E-state index contributed by atoms with van der Waals surface area (Å²) in [4.78, 5) is 24.5. The highest BCUT2D eigenvalue weighted by atomic mass is 16.2. The Balaban J connectivity index is 4.00. The van der Waals surface area contributed by atoms with Gasteiger partial charge in [0.1, 0.15) is 0 Å². The van der Waals surface area contributed by atoms with E-state index < -0.39 is 0 Å². The van der Waals surface area contributed by atoms with Crippen molar-refractivity contribution in [2.45, 2.75) is 13.8 Å². The van der Waals surface area contributed by atoms with E-state index in [-0.39, 0.29) is 24.9 Å². The lowest BCUT2D eigenvalue weighted by molar-refractivity contribution is -0.135. The number of carbonyl (C=O) groups excluding carboxylic acids is 2. The molecule has 0 spiro atoms. The van der Waals surface area contributed by atoms with Gasteiger partial charge in [-0.1, -0.05) is 6.08 Å². The van der Waals surface area contributed by atoms with E-state index >= 15 is 0 Å². The Morgan fingerprint density at radius 2 is 2.06 bits per heavy atom. The molecule has 0 aliphatic carbocycles. The number of nitrogens with one attached hydrogen (secondary N) is 2. The average molecular weight is 227 g/mol. The van der Waals surface area contributed by atoms with Crippen molar-refractivity contribution in [3.8, 4) is 0 Å². The summed E-state index contributed by atoms with van der Waals surface area (Å²) in [5.74, 6) is -0.197. The Bertz CT molecular complexity index is 241. The Morgan fingerprint density at radius 3 is 2.56 bits per heavy atom. The van der Waals surface area contributed by atoms with Crippen LogP contribution in [0.3, 0.4) is 0 Å². The molecule has 0 rings (SSSR count). The summed E-state index contributed by atoms with van der Waals surface area (Å²) >= 11 is 0. The van der Waals surface area contributed by atoms with Gasteiger partial charge < -0.3 is 15.5 Å². The van der Waals surface area contributed by atoms with Gasteiger partial charge >= 0.3 is 0 Å². The van der Waals surface area contributed by atoms with Crippen molar-refractivity contribution in [3.63, 3.8) is 0 Å². The molecule has 0 aliphatic rings. The Labute approximate surface area is 96.9 Å².